The average Bonchev–Trinajstić information content (AvgIpc) is 2.53. The van der Waals surface area contributed by atoms with E-state index in [1.165, 1.54) is 0 Å². The number of likely N-dealkylation sites (N-methyl/N-ethyl adjacent to an activating group) is 1. The monoisotopic (exact) mass is 213 g/mol. The van der Waals surface area contributed by atoms with E-state index < -0.39 is 0 Å². The zero-order valence-corrected chi connectivity index (χ0v) is 10.2. The Bertz CT molecular complexity index is 251. The molecule has 1 aromatic rings. The van der Waals surface area contributed by atoms with Crippen LogP contribution in [0.2, 0.25) is 0 Å². The SMILES string of the molecule is CN(CCNC(C)(C)C)c1nccs1. The van der Waals surface area contributed by atoms with Gasteiger partial charge >= 0.3 is 0 Å². The minimum atomic E-state index is 0.198. The van der Waals surface area contributed by atoms with E-state index in [2.05, 4.69) is 43.0 Å². The molecular formula is C10H19N3S. The summed E-state index contributed by atoms with van der Waals surface area (Å²) in [5.74, 6) is 0. The molecule has 0 amide bonds. The van der Waals surface area contributed by atoms with Gasteiger partial charge in [-0.05, 0) is 20.8 Å². The molecule has 0 saturated heterocycles. The normalized spacial score (nSPS) is 11.7. The summed E-state index contributed by atoms with van der Waals surface area (Å²) < 4.78 is 0. The van der Waals surface area contributed by atoms with Gasteiger partial charge in [0.15, 0.2) is 5.13 Å². The first-order chi connectivity index (χ1) is 6.49. The molecule has 0 unspecified atom stereocenters. The molecule has 4 heteroatoms. The second-order valence-electron chi connectivity index (χ2n) is 4.41. The molecular weight excluding hydrogens is 194 g/mol. The third-order valence-corrected chi connectivity index (χ3v) is 2.73. The summed E-state index contributed by atoms with van der Waals surface area (Å²) >= 11 is 1.68. The quantitative estimate of drug-likeness (QED) is 0.829. The first-order valence-corrected chi connectivity index (χ1v) is 5.73. The van der Waals surface area contributed by atoms with E-state index in [0.717, 1.165) is 18.2 Å². The number of nitrogens with one attached hydrogen (secondary N) is 1. The highest BCUT2D eigenvalue weighted by atomic mass is 32.1. The molecule has 0 atom stereocenters. The molecule has 0 bridgehead atoms. The number of hydrogen-bond acceptors (Lipinski definition) is 4. The lowest BCUT2D eigenvalue weighted by atomic mass is 10.1. The largest absolute Gasteiger partial charge is 0.350 e. The molecule has 1 heterocycles. The Kier molecular flexibility index (Phi) is 3.89. The lowest BCUT2D eigenvalue weighted by Crippen LogP contribution is -2.40. The fraction of sp³-hybridized carbons (Fsp3) is 0.700. The fourth-order valence-electron chi connectivity index (χ4n) is 1.10. The number of rotatable bonds is 4. The number of aromatic nitrogens is 1. The number of thiazole rings is 1. The van der Waals surface area contributed by atoms with E-state index in [1.807, 2.05) is 11.6 Å². The number of anilines is 1. The van der Waals surface area contributed by atoms with Gasteiger partial charge in [-0.2, -0.15) is 0 Å². The van der Waals surface area contributed by atoms with Gasteiger partial charge in [-0.25, -0.2) is 4.98 Å². The van der Waals surface area contributed by atoms with Crippen LogP contribution in [0, 0.1) is 0 Å². The van der Waals surface area contributed by atoms with Crippen LogP contribution in [-0.4, -0.2) is 30.7 Å². The van der Waals surface area contributed by atoms with Crippen molar-refractivity contribution in [2.24, 2.45) is 0 Å². The van der Waals surface area contributed by atoms with Gasteiger partial charge in [-0.1, -0.05) is 0 Å². The second kappa shape index (κ2) is 4.75. The molecule has 0 aliphatic rings. The van der Waals surface area contributed by atoms with Crippen molar-refractivity contribution in [2.45, 2.75) is 26.3 Å². The van der Waals surface area contributed by atoms with Gasteiger partial charge in [-0.15, -0.1) is 11.3 Å². The summed E-state index contributed by atoms with van der Waals surface area (Å²) in [7, 11) is 2.07. The zero-order chi connectivity index (χ0) is 10.6. The molecule has 1 N–H and O–H groups in total. The van der Waals surface area contributed by atoms with Crippen molar-refractivity contribution in [2.75, 3.05) is 25.0 Å². The Morgan fingerprint density at radius 3 is 2.71 bits per heavy atom. The maximum absolute atomic E-state index is 4.25. The Labute approximate surface area is 90.2 Å². The standard InChI is InChI=1S/C10H19N3S/c1-10(2,3)12-5-7-13(4)9-11-6-8-14-9/h6,8,12H,5,7H2,1-4H3. The molecule has 14 heavy (non-hydrogen) atoms. The van der Waals surface area contributed by atoms with E-state index in [-0.39, 0.29) is 5.54 Å². The fourth-order valence-corrected chi connectivity index (χ4v) is 1.74. The second-order valence-corrected chi connectivity index (χ2v) is 5.29. The zero-order valence-electron chi connectivity index (χ0n) is 9.37. The lowest BCUT2D eigenvalue weighted by molar-refractivity contribution is 0.431. The van der Waals surface area contributed by atoms with Crippen LogP contribution < -0.4 is 10.2 Å². The van der Waals surface area contributed by atoms with Crippen LogP contribution in [0.25, 0.3) is 0 Å². The van der Waals surface area contributed by atoms with Gasteiger partial charge in [-0.3, -0.25) is 0 Å². The lowest BCUT2D eigenvalue weighted by Gasteiger charge is -2.23. The van der Waals surface area contributed by atoms with Crippen molar-refractivity contribution in [3.05, 3.63) is 11.6 Å². The first kappa shape index (κ1) is 11.5. The van der Waals surface area contributed by atoms with Crippen LogP contribution in [0.15, 0.2) is 11.6 Å². The minimum absolute atomic E-state index is 0.198. The topological polar surface area (TPSA) is 28.2 Å². The molecule has 1 aromatic heterocycles. The number of hydrogen-bond donors (Lipinski definition) is 1. The number of nitrogens with zero attached hydrogens (tertiary/aromatic N) is 2. The molecule has 0 fully saturated rings. The van der Waals surface area contributed by atoms with Gasteiger partial charge < -0.3 is 10.2 Å². The van der Waals surface area contributed by atoms with Gasteiger partial charge in [0.2, 0.25) is 0 Å². The minimum Gasteiger partial charge on any atom is -0.350 e. The van der Waals surface area contributed by atoms with Gasteiger partial charge in [0.1, 0.15) is 0 Å². The summed E-state index contributed by atoms with van der Waals surface area (Å²) in [5.41, 5.74) is 0.198. The maximum Gasteiger partial charge on any atom is 0.185 e. The summed E-state index contributed by atoms with van der Waals surface area (Å²) in [6, 6.07) is 0. The smallest absolute Gasteiger partial charge is 0.185 e. The van der Waals surface area contributed by atoms with E-state index in [0.29, 0.717) is 0 Å². The van der Waals surface area contributed by atoms with Crippen LogP contribution in [0.5, 0.6) is 0 Å². The van der Waals surface area contributed by atoms with Crippen molar-refractivity contribution >= 4 is 16.5 Å². The van der Waals surface area contributed by atoms with Crippen molar-refractivity contribution in [1.82, 2.24) is 10.3 Å². The van der Waals surface area contributed by atoms with Gasteiger partial charge in [0.25, 0.3) is 0 Å². The third-order valence-electron chi connectivity index (χ3n) is 1.85. The van der Waals surface area contributed by atoms with E-state index >= 15 is 0 Å². The Balaban J connectivity index is 2.26. The van der Waals surface area contributed by atoms with Crippen LogP contribution in [0.1, 0.15) is 20.8 Å². The van der Waals surface area contributed by atoms with Crippen molar-refractivity contribution in [3.63, 3.8) is 0 Å². The van der Waals surface area contributed by atoms with Crippen molar-refractivity contribution in [3.8, 4) is 0 Å². The van der Waals surface area contributed by atoms with E-state index in [1.54, 1.807) is 11.3 Å². The Morgan fingerprint density at radius 2 is 2.21 bits per heavy atom. The van der Waals surface area contributed by atoms with E-state index in [4.69, 9.17) is 0 Å². The average molecular weight is 213 g/mol. The third kappa shape index (κ3) is 4.07. The summed E-state index contributed by atoms with van der Waals surface area (Å²) in [6.45, 7) is 8.51. The predicted molar refractivity (Wildman–Crippen MR) is 63.1 cm³/mol. The Hall–Kier alpha value is -0.610. The molecule has 80 valence electrons. The maximum atomic E-state index is 4.25. The first-order valence-electron chi connectivity index (χ1n) is 4.85. The summed E-state index contributed by atoms with van der Waals surface area (Å²) in [4.78, 5) is 6.42. The van der Waals surface area contributed by atoms with Crippen LogP contribution in [0.4, 0.5) is 5.13 Å². The van der Waals surface area contributed by atoms with Crippen molar-refractivity contribution < 1.29 is 0 Å². The van der Waals surface area contributed by atoms with E-state index in [9.17, 15) is 0 Å². The highest BCUT2D eigenvalue weighted by Gasteiger charge is 2.09. The van der Waals surface area contributed by atoms with Gasteiger partial charge in [0, 0.05) is 37.3 Å². The molecule has 0 saturated carbocycles. The Morgan fingerprint density at radius 1 is 1.50 bits per heavy atom. The van der Waals surface area contributed by atoms with Crippen LogP contribution in [0.3, 0.4) is 0 Å². The molecule has 0 aromatic carbocycles. The molecule has 0 aliphatic heterocycles. The molecule has 0 spiro atoms. The molecule has 3 nitrogen and oxygen atoms in total. The van der Waals surface area contributed by atoms with Gasteiger partial charge in [0.05, 0.1) is 0 Å². The van der Waals surface area contributed by atoms with Crippen LogP contribution in [-0.2, 0) is 0 Å². The molecule has 0 radical (unpaired) electrons. The highest BCUT2D eigenvalue weighted by Crippen LogP contribution is 2.14. The van der Waals surface area contributed by atoms with Crippen molar-refractivity contribution in [1.29, 1.82) is 0 Å². The predicted octanol–water partition coefficient (Wildman–Crippen LogP) is 1.97. The highest BCUT2D eigenvalue weighted by molar-refractivity contribution is 7.13. The summed E-state index contributed by atoms with van der Waals surface area (Å²) in [6.07, 6.45) is 1.84. The molecule has 1 rings (SSSR count). The summed E-state index contributed by atoms with van der Waals surface area (Å²) in [5, 5.41) is 6.54. The van der Waals surface area contributed by atoms with Crippen LogP contribution >= 0.6 is 11.3 Å². The molecule has 0 aliphatic carbocycles.